The Morgan fingerprint density at radius 1 is 1.06 bits per heavy atom. The molecule has 3 aromatic heterocycles. The molecule has 7 nitrogen and oxygen atoms in total. The number of hydrogen-bond acceptors (Lipinski definition) is 5. The van der Waals surface area contributed by atoms with Crippen LogP contribution in [0, 0.1) is 0 Å². The summed E-state index contributed by atoms with van der Waals surface area (Å²) in [6.07, 6.45) is 8.18. The van der Waals surface area contributed by atoms with Gasteiger partial charge < -0.3 is 19.8 Å². The van der Waals surface area contributed by atoms with Crippen LogP contribution in [-0.2, 0) is 9.53 Å². The molecule has 0 spiro atoms. The van der Waals surface area contributed by atoms with Gasteiger partial charge in [0.05, 0.1) is 29.0 Å². The number of hydrogen-bond donors (Lipinski definition) is 2. The molecule has 0 radical (unpaired) electrons. The van der Waals surface area contributed by atoms with Crippen LogP contribution in [0.4, 0.5) is 5.69 Å². The minimum absolute atomic E-state index is 0.127. The molecule has 4 rings (SSSR count). The fourth-order valence-electron chi connectivity index (χ4n) is 2.94. The molecule has 0 saturated carbocycles. The Balaban J connectivity index is 1.40. The largest absolute Gasteiger partial charge is 0.491 e. The fraction of sp³-hybridized carbons (Fsp3) is 0.0417. The summed E-state index contributed by atoms with van der Waals surface area (Å²) < 4.78 is 10.8. The maximum absolute atomic E-state index is 12.5. The molecular weight excluding hydrogens is 463 g/mol. The van der Waals surface area contributed by atoms with E-state index in [4.69, 9.17) is 32.7 Å². The molecule has 9 heteroatoms. The molecule has 0 saturated heterocycles. The second-order valence-electron chi connectivity index (χ2n) is 6.78. The summed E-state index contributed by atoms with van der Waals surface area (Å²) in [7, 11) is 1.42. The standard InChI is InChI=1S/C24H18Cl2N4O3/c1-32-21(6-4-5-16-11-15-12-18(25)19(26)13-20(15)29-16)24(31)30-17-8-9-23(28-14-17)33-22-7-2-3-10-27-22/h2-14,29H,1H3,(H,30,31). The normalized spacial score (nSPS) is 11.7. The van der Waals surface area contributed by atoms with Crippen LogP contribution < -0.4 is 10.1 Å². The third-order valence-electron chi connectivity index (χ3n) is 4.49. The van der Waals surface area contributed by atoms with Gasteiger partial charge in [0.15, 0.2) is 5.76 Å². The second-order valence-corrected chi connectivity index (χ2v) is 7.60. The molecule has 0 bridgehead atoms. The zero-order valence-corrected chi connectivity index (χ0v) is 18.9. The van der Waals surface area contributed by atoms with Crippen molar-refractivity contribution in [1.29, 1.82) is 0 Å². The van der Waals surface area contributed by atoms with Crippen molar-refractivity contribution in [3.8, 4) is 11.8 Å². The van der Waals surface area contributed by atoms with Gasteiger partial charge in [-0.1, -0.05) is 35.3 Å². The molecule has 0 fully saturated rings. The average molecular weight is 481 g/mol. The van der Waals surface area contributed by atoms with Crippen LogP contribution >= 0.6 is 23.2 Å². The maximum Gasteiger partial charge on any atom is 0.290 e. The van der Waals surface area contributed by atoms with Crippen LogP contribution in [0.5, 0.6) is 11.8 Å². The highest BCUT2D eigenvalue weighted by molar-refractivity contribution is 6.42. The van der Waals surface area contributed by atoms with Crippen LogP contribution in [0.25, 0.3) is 17.0 Å². The van der Waals surface area contributed by atoms with Crippen molar-refractivity contribution < 1.29 is 14.3 Å². The summed E-state index contributed by atoms with van der Waals surface area (Å²) in [6, 6.07) is 14.1. The van der Waals surface area contributed by atoms with Crippen LogP contribution in [0.3, 0.4) is 0 Å². The van der Waals surface area contributed by atoms with E-state index in [-0.39, 0.29) is 5.76 Å². The number of nitrogens with zero attached hydrogens (tertiary/aromatic N) is 2. The number of amides is 1. The smallest absolute Gasteiger partial charge is 0.290 e. The molecule has 2 N–H and O–H groups in total. The summed E-state index contributed by atoms with van der Waals surface area (Å²) in [4.78, 5) is 24.0. The zero-order chi connectivity index (χ0) is 23.2. The Bertz CT molecular complexity index is 1290. The van der Waals surface area contributed by atoms with Crippen LogP contribution in [-0.4, -0.2) is 28.0 Å². The summed E-state index contributed by atoms with van der Waals surface area (Å²) >= 11 is 12.1. The first-order chi connectivity index (χ1) is 16.0. The predicted molar refractivity (Wildman–Crippen MR) is 130 cm³/mol. The summed E-state index contributed by atoms with van der Waals surface area (Å²) in [5.41, 5.74) is 2.17. The van der Waals surface area contributed by atoms with Crippen molar-refractivity contribution in [2.24, 2.45) is 0 Å². The number of rotatable bonds is 7. The van der Waals surface area contributed by atoms with Gasteiger partial charge in [-0.2, -0.15) is 0 Å². The highest BCUT2D eigenvalue weighted by Crippen LogP contribution is 2.28. The average Bonchev–Trinajstić information content (AvgIpc) is 3.20. The van der Waals surface area contributed by atoms with Crippen molar-refractivity contribution >= 4 is 51.8 Å². The Morgan fingerprint density at radius 2 is 1.88 bits per heavy atom. The number of allylic oxidation sites excluding steroid dienone is 2. The van der Waals surface area contributed by atoms with Gasteiger partial charge in [-0.25, -0.2) is 9.97 Å². The molecule has 0 atom stereocenters. The number of benzene rings is 1. The Morgan fingerprint density at radius 3 is 2.61 bits per heavy atom. The van der Waals surface area contributed by atoms with Gasteiger partial charge in [-0.05, 0) is 42.5 Å². The van der Waals surface area contributed by atoms with Gasteiger partial charge in [0.2, 0.25) is 11.8 Å². The molecule has 33 heavy (non-hydrogen) atoms. The van der Waals surface area contributed by atoms with Crippen LogP contribution in [0.15, 0.2) is 78.8 Å². The molecule has 4 aromatic rings. The van der Waals surface area contributed by atoms with E-state index in [2.05, 4.69) is 20.3 Å². The zero-order valence-electron chi connectivity index (χ0n) is 17.4. The van der Waals surface area contributed by atoms with Gasteiger partial charge in [0.1, 0.15) is 0 Å². The third kappa shape index (κ3) is 5.71. The lowest BCUT2D eigenvalue weighted by atomic mass is 10.2. The van der Waals surface area contributed by atoms with E-state index in [1.54, 1.807) is 60.8 Å². The van der Waals surface area contributed by atoms with E-state index in [0.717, 1.165) is 16.6 Å². The number of ether oxygens (including phenoxy) is 2. The molecule has 0 aliphatic carbocycles. The summed E-state index contributed by atoms with van der Waals surface area (Å²) in [5.74, 6) is 0.497. The van der Waals surface area contributed by atoms with Gasteiger partial charge in [-0.3, -0.25) is 4.79 Å². The van der Waals surface area contributed by atoms with Crippen molar-refractivity contribution in [1.82, 2.24) is 15.0 Å². The van der Waals surface area contributed by atoms with Gasteiger partial charge in [-0.15, -0.1) is 0 Å². The van der Waals surface area contributed by atoms with Crippen molar-refractivity contribution in [3.05, 3.63) is 94.6 Å². The van der Waals surface area contributed by atoms with Gasteiger partial charge in [0, 0.05) is 34.9 Å². The number of aromatic nitrogens is 3. The number of aromatic amines is 1. The number of fused-ring (bicyclic) bond motifs is 1. The number of pyridine rings is 2. The first-order valence-electron chi connectivity index (χ1n) is 9.78. The molecule has 1 amide bonds. The lowest BCUT2D eigenvalue weighted by Gasteiger charge is -2.08. The number of carbonyl (C=O) groups is 1. The Labute approximate surface area is 199 Å². The van der Waals surface area contributed by atoms with Gasteiger partial charge >= 0.3 is 0 Å². The SMILES string of the molecule is COC(=CC=Cc1cc2cc(Cl)c(Cl)cc2[nH]1)C(=O)Nc1ccc(Oc2ccccn2)nc1. The Kier molecular flexibility index (Phi) is 6.92. The van der Waals surface area contributed by atoms with E-state index < -0.39 is 5.91 Å². The predicted octanol–water partition coefficient (Wildman–Crippen LogP) is 6.24. The number of nitrogens with one attached hydrogen (secondary N) is 2. The highest BCUT2D eigenvalue weighted by Gasteiger charge is 2.10. The topological polar surface area (TPSA) is 89.1 Å². The molecule has 3 heterocycles. The van der Waals surface area contributed by atoms with Crippen molar-refractivity contribution in [2.45, 2.75) is 0 Å². The second kappa shape index (κ2) is 10.2. The molecular formula is C24H18Cl2N4O3. The summed E-state index contributed by atoms with van der Waals surface area (Å²) in [6.45, 7) is 0. The van der Waals surface area contributed by atoms with E-state index in [1.807, 2.05) is 12.1 Å². The number of halogens is 2. The molecule has 1 aromatic carbocycles. The monoisotopic (exact) mass is 480 g/mol. The number of methoxy groups -OCH3 is 1. The minimum atomic E-state index is -0.419. The van der Waals surface area contributed by atoms with Crippen LogP contribution in [0.1, 0.15) is 5.69 Å². The van der Waals surface area contributed by atoms with E-state index in [1.165, 1.54) is 13.3 Å². The molecule has 166 valence electrons. The lowest BCUT2D eigenvalue weighted by Crippen LogP contribution is -2.15. The highest BCUT2D eigenvalue weighted by atomic mass is 35.5. The van der Waals surface area contributed by atoms with Gasteiger partial charge in [0.25, 0.3) is 5.91 Å². The quantitative estimate of drug-likeness (QED) is 0.185. The maximum atomic E-state index is 12.5. The first-order valence-corrected chi connectivity index (χ1v) is 10.5. The van der Waals surface area contributed by atoms with Crippen molar-refractivity contribution in [3.63, 3.8) is 0 Å². The number of anilines is 1. The first kappa shape index (κ1) is 22.4. The number of H-pyrrole nitrogens is 1. The van der Waals surface area contributed by atoms with E-state index in [9.17, 15) is 4.79 Å². The molecule has 0 aliphatic rings. The Hall–Kier alpha value is -3.81. The van der Waals surface area contributed by atoms with Crippen molar-refractivity contribution in [2.75, 3.05) is 12.4 Å². The molecule has 0 aliphatic heterocycles. The third-order valence-corrected chi connectivity index (χ3v) is 5.21. The lowest BCUT2D eigenvalue weighted by molar-refractivity contribution is -0.115. The van der Waals surface area contributed by atoms with E-state index in [0.29, 0.717) is 27.5 Å². The minimum Gasteiger partial charge on any atom is -0.491 e. The number of carbonyl (C=O) groups excluding carboxylic acids is 1. The molecule has 0 unspecified atom stereocenters. The summed E-state index contributed by atoms with van der Waals surface area (Å²) in [5, 5.41) is 4.63. The van der Waals surface area contributed by atoms with Crippen LogP contribution in [0.2, 0.25) is 10.0 Å². The van der Waals surface area contributed by atoms with E-state index >= 15 is 0 Å². The fourth-order valence-corrected chi connectivity index (χ4v) is 3.27.